The van der Waals surface area contributed by atoms with E-state index in [4.69, 9.17) is 16.0 Å². The number of hydrogen-bond acceptors (Lipinski definition) is 7. The van der Waals surface area contributed by atoms with Crippen molar-refractivity contribution in [2.45, 2.75) is 71.7 Å². The molecule has 0 saturated heterocycles. The summed E-state index contributed by atoms with van der Waals surface area (Å²) in [5.41, 5.74) is 0.476. The first-order chi connectivity index (χ1) is 18.0. The lowest BCUT2D eigenvalue weighted by Crippen LogP contribution is -2.33. The Morgan fingerprint density at radius 3 is 2.18 bits per heavy atom. The number of aryl methyl sites for hydroxylation is 1. The van der Waals surface area contributed by atoms with Crippen LogP contribution in [-0.4, -0.2) is 54.2 Å². The molecule has 0 aliphatic carbocycles. The third kappa shape index (κ3) is 9.72. The maximum atomic E-state index is 12.5. The lowest BCUT2D eigenvalue weighted by Gasteiger charge is -2.17. The number of benzene rings is 1. The maximum absolute atomic E-state index is 12.5. The SMILES string of the molecule is CC.CCCCCC.Cc1ccc(CNC2=NS(=O)N=C2CNc2ccc(Cl)c(S(=O)(=O)N(C)C)c2O)o1. The van der Waals surface area contributed by atoms with Gasteiger partial charge in [-0.2, -0.15) is 4.40 Å². The number of aromatic hydroxyl groups is 1. The number of unbranched alkanes of at least 4 members (excludes halogenated alkanes) is 3. The van der Waals surface area contributed by atoms with Gasteiger partial charge in [-0.25, -0.2) is 16.9 Å². The van der Waals surface area contributed by atoms with Crippen LogP contribution in [-0.2, 0) is 27.7 Å². The second kappa shape index (κ2) is 16.5. The molecule has 1 aromatic heterocycles. The number of phenols is 1. The molecular weight excluding hydrogens is 550 g/mol. The standard InChI is InChI=1S/C17H20ClN5O5S2.C6H14.C2H6/c1-10-4-5-11(28-10)8-20-17-14(21-29(25)22-17)9-19-13-7-6-12(18)16(15(13)24)30(26,27)23(2)3;1-3-5-6-4-2;1-2/h4-7,19,24H,8-9H2,1-3H3,(H,20,22);3-6H2,1-2H3;1-2H3. The highest BCUT2D eigenvalue weighted by atomic mass is 35.5. The van der Waals surface area contributed by atoms with Crippen LogP contribution in [0, 0.1) is 6.92 Å². The zero-order chi connectivity index (χ0) is 28.9. The first kappa shape index (κ1) is 33.6. The predicted octanol–water partition coefficient (Wildman–Crippen LogP) is 5.44. The molecule has 0 saturated carbocycles. The molecule has 38 heavy (non-hydrogen) atoms. The topological polar surface area (TPSA) is 137 Å². The Hall–Kier alpha value is -2.41. The number of sulfonamides is 1. The fourth-order valence-corrected chi connectivity index (χ4v) is 5.27. The summed E-state index contributed by atoms with van der Waals surface area (Å²) < 4.78 is 51.0. The number of anilines is 1. The number of furan rings is 1. The first-order valence-corrected chi connectivity index (χ1v) is 15.4. The summed E-state index contributed by atoms with van der Waals surface area (Å²) in [6.45, 7) is 10.6. The van der Waals surface area contributed by atoms with Crippen LogP contribution >= 0.6 is 11.6 Å². The minimum Gasteiger partial charge on any atom is -0.504 e. The molecule has 1 atom stereocenters. The normalized spacial score (nSPS) is 14.6. The summed E-state index contributed by atoms with van der Waals surface area (Å²) in [4.78, 5) is -0.406. The third-order valence-corrected chi connectivity index (χ3v) is 8.12. The van der Waals surface area contributed by atoms with Gasteiger partial charge >= 0.3 is 0 Å². The van der Waals surface area contributed by atoms with E-state index in [2.05, 4.69) is 33.3 Å². The van der Waals surface area contributed by atoms with E-state index in [0.717, 1.165) is 10.1 Å². The molecule has 1 unspecified atom stereocenters. The monoisotopic (exact) mass is 589 g/mol. The van der Waals surface area contributed by atoms with Crippen molar-refractivity contribution in [2.24, 2.45) is 8.80 Å². The van der Waals surface area contributed by atoms with Crippen molar-refractivity contribution in [2.75, 3.05) is 26.0 Å². The summed E-state index contributed by atoms with van der Waals surface area (Å²) in [6.07, 6.45) is 5.54. The Kier molecular flexibility index (Phi) is 14.6. The number of amidine groups is 1. The van der Waals surface area contributed by atoms with Crippen molar-refractivity contribution in [3.05, 3.63) is 40.8 Å². The van der Waals surface area contributed by atoms with Gasteiger partial charge in [-0.1, -0.05) is 65.0 Å². The molecule has 0 bridgehead atoms. The fraction of sp³-hybridized carbons (Fsp3) is 0.520. The highest BCUT2D eigenvalue weighted by molar-refractivity contribution is 7.89. The molecule has 214 valence electrons. The zero-order valence-corrected chi connectivity index (χ0v) is 25.6. The van der Waals surface area contributed by atoms with Crippen LogP contribution in [0.4, 0.5) is 5.69 Å². The van der Waals surface area contributed by atoms with Gasteiger partial charge in [-0.3, -0.25) is 0 Å². The molecule has 3 rings (SSSR count). The molecule has 1 aliphatic heterocycles. The molecule has 3 N–H and O–H groups in total. The highest BCUT2D eigenvalue weighted by Crippen LogP contribution is 2.37. The van der Waals surface area contributed by atoms with Gasteiger partial charge in [0.2, 0.25) is 10.0 Å². The fourth-order valence-electron chi connectivity index (χ4n) is 3.09. The summed E-state index contributed by atoms with van der Waals surface area (Å²) in [7, 11) is -1.30. The number of halogens is 1. The van der Waals surface area contributed by atoms with Gasteiger partial charge in [0, 0.05) is 14.1 Å². The third-order valence-electron chi connectivity index (χ3n) is 5.08. The number of nitrogens with zero attached hydrogens (tertiary/aromatic N) is 3. The molecule has 0 radical (unpaired) electrons. The van der Waals surface area contributed by atoms with Gasteiger partial charge in [-0.05, 0) is 31.2 Å². The van der Waals surface area contributed by atoms with E-state index < -0.39 is 31.8 Å². The van der Waals surface area contributed by atoms with Gasteiger partial charge in [0.15, 0.2) is 11.6 Å². The number of hydrogen-bond donors (Lipinski definition) is 3. The molecule has 2 heterocycles. The Labute approximate surface area is 234 Å². The van der Waals surface area contributed by atoms with Crippen molar-refractivity contribution >= 4 is 50.0 Å². The largest absolute Gasteiger partial charge is 0.504 e. The van der Waals surface area contributed by atoms with Gasteiger partial charge in [0.1, 0.15) is 22.1 Å². The lowest BCUT2D eigenvalue weighted by atomic mass is 10.2. The van der Waals surface area contributed by atoms with Crippen LogP contribution in [0.3, 0.4) is 0 Å². The average molecular weight is 590 g/mol. The highest BCUT2D eigenvalue weighted by Gasteiger charge is 2.27. The second-order valence-corrected chi connectivity index (χ2v) is 11.5. The van der Waals surface area contributed by atoms with Gasteiger partial charge in [-0.15, -0.1) is 4.40 Å². The van der Waals surface area contributed by atoms with E-state index in [1.807, 2.05) is 32.9 Å². The number of rotatable bonds is 10. The molecule has 0 fully saturated rings. The Balaban J connectivity index is 0.000000795. The Morgan fingerprint density at radius 1 is 1.03 bits per heavy atom. The number of nitrogens with one attached hydrogen (secondary N) is 2. The van der Waals surface area contributed by atoms with E-state index >= 15 is 0 Å². The first-order valence-electron chi connectivity index (χ1n) is 12.6. The molecule has 0 spiro atoms. The Bertz CT molecular complexity index is 1220. The van der Waals surface area contributed by atoms with Crippen LogP contribution in [0.2, 0.25) is 5.02 Å². The summed E-state index contributed by atoms with van der Waals surface area (Å²) in [5, 5.41) is 16.3. The van der Waals surface area contributed by atoms with Crippen molar-refractivity contribution in [1.82, 2.24) is 9.62 Å². The molecule has 1 aliphatic rings. The second-order valence-electron chi connectivity index (χ2n) is 8.20. The minimum atomic E-state index is -3.97. The molecule has 0 amide bonds. The summed E-state index contributed by atoms with van der Waals surface area (Å²) in [6, 6.07) is 6.43. The average Bonchev–Trinajstić information content (AvgIpc) is 3.46. The van der Waals surface area contributed by atoms with Crippen LogP contribution in [0.25, 0.3) is 0 Å². The molecular formula is C25H40ClN5O5S2. The van der Waals surface area contributed by atoms with E-state index in [1.54, 1.807) is 0 Å². The van der Waals surface area contributed by atoms with Gasteiger partial charge in [0.25, 0.3) is 11.2 Å². The van der Waals surface area contributed by atoms with Crippen molar-refractivity contribution in [1.29, 1.82) is 0 Å². The maximum Gasteiger partial charge on any atom is 0.268 e. The quantitative estimate of drug-likeness (QED) is 0.248. The van der Waals surface area contributed by atoms with Crippen LogP contribution in [0.1, 0.15) is 64.9 Å². The van der Waals surface area contributed by atoms with Crippen LogP contribution in [0.15, 0.2) is 42.4 Å². The van der Waals surface area contributed by atoms with E-state index in [1.165, 1.54) is 51.9 Å². The molecule has 13 heteroatoms. The predicted molar refractivity (Wildman–Crippen MR) is 157 cm³/mol. The van der Waals surface area contributed by atoms with E-state index in [0.29, 0.717) is 23.9 Å². The Morgan fingerprint density at radius 2 is 1.66 bits per heavy atom. The summed E-state index contributed by atoms with van der Waals surface area (Å²) in [5.74, 6) is 1.23. The number of phenolic OH excluding ortho intramolecular Hbond substituents is 1. The van der Waals surface area contributed by atoms with E-state index in [9.17, 15) is 17.7 Å². The molecule has 1 aromatic carbocycles. The summed E-state index contributed by atoms with van der Waals surface area (Å²) >= 11 is 4.23. The van der Waals surface area contributed by atoms with Gasteiger partial charge in [0.05, 0.1) is 23.8 Å². The van der Waals surface area contributed by atoms with Crippen LogP contribution in [0.5, 0.6) is 5.75 Å². The van der Waals surface area contributed by atoms with Crippen LogP contribution < -0.4 is 10.6 Å². The molecule has 10 nitrogen and oxygen atoms in total. The molecule has 2 aromatic rings. The van der Waals surface area contributed by atoms with Crippen molar-refractivity contribution in [3.8, 4) is 5.75 Å². The van der Waals surface area contributed by atoms with Crippen molar-refractivity contribution in [3.63, 3.8) is 0 Å². The lowest BCUT2D eigenvalue weighted by molar-refractivity contribution is 0.454. The smallest absolute Gasteiger partial charge is 0.268 e. The van der Waals surface area contributed by atoms with Crippen molar-refractivity contribution < 1.29 is 22.2 Å². The zero-order valence-electron chi connectivity index (χ0n) is 23.2. The minimum absolute atomic E-state index is 0.0331. The van der Waals surface area contributed by atoms with E-state index in [-0.39, 0.29) is 17.3 Å². The van der Waals surface area contributed by atoms with Gasteiger partial charge < -0.3 is 20.2 Å².